The van der Waals surface area contributed by atoms with Gasteiger partial charge < -0.3 is 5.73 Å². The highest BCUT2D eigenvalue weighted by molar-refractivity contribution is 6.31. The van der Waals surface area contributed by atoms with Gasteiger partial charge in [-0.1, -0.05) is 11.6 Å². The SMILES string of the molecule is Cn1cc(CC(N)c2ccncc2Cl)cn1. The lowest BCUT2D eigenvalue weighted by molar-refractivity contribution is 0.718. The topological polar surface area (TPSA) is 56.7 Å². The van der Waals surface area contributed by atoms with E-state index in [-0.39, 0.29) is 6.04 Å². The summed E-state index contributed by atoms with van der Waals surface area (Å²) in [6, 6.07) is 1.73. The van der Waals surface area contributed by atoms with Gasteiger partial charge in [0.2, 0.25) is 0 Å². The summed E-state index contributed by atoms with van der Waals surface area (Å²) in [6.45, 7) is 0. The number of pyridine rings is 1. The fourth-order valence-electron chi connectivity index (χ4n) is 1.63. The van der Waals surface area contributed by atoms with Crippen LogP contribution in [0.3, 0.4) is 0 Å². The molecule has 1 unspecified atom stereocenters. The quantitative estimate of drug-likeness (QED) is 0.883. The lowest BCUT2D eigenvalue weighted by atomic mass is 10.0. The fraction of sp³-hybridized carbons (Fsp3) is 0.273. The Morgan fingerprint density at radius 2 is 2.31 bits per heavy atom. The third-order valence-electron chi connectivity index (χ3n) is 2.42. The first-order chi connectivity index (χ1) is 7.66. The molecule has 0 radical (unpaired) electrons. The molecule has 0 aliphatic heterocycles. The maximum atomic E-state index is 6.09. The van der Waals surface area contributed by atoms with Gasteiger partial charge in [0.25, 0.3) is 0 Å². The molecule has 84 valence electrons. The van der Waals surface area contributed by atoms with E-state index in [1.54, 1.807) is 17.1 Å². The van der Waals surface area contributed by atoms with Crippen molar-refractivity contribution >= 4 is 11.6 Å². The second-order valence-corrected chi connectivity index (χ2v) is 4.14. The van der Waals surface area contributed by atoms with Crippen molar-refractivity contribution in [3.8, 4) is 0 Å². The minimum atomic E-state index is -0.125. The molecule has 0 aliphatic carbocycles. The maximum absolute atomic E-state index is 6.09. The Morgan fingerprint density at radius 1 is 1.50 bits per heavy atom. The van der Waals surface area contributed by atoms with Crippen LogP contribution in [-0.4, -0.2) is 14.8 Å². The van der Waals surface area contributed by atoms with Crippen LogP contribution in [0.4, 0.5) is 0 Å². The van der Waals surface area contributed by atoms with Crippen molar-refractivity contribution in [2.75, 3.05) is 0 Å². The Morgan fingerprint density at radius 3 is 2.94 bits per heavy atom. The Labute approximate surface area is 99.1 Å². The second kappa shape index (κ2) is 4.63. The highest BCUT2D eigenvalue weighted by Gasteiger charge is 2.11. The molecule has 0 aromatic carbocycles. The van der Waals surface area contributed by atoms with Gasteiger partial charge in [-0.15, -0.1) is 0 Å². The third kappa shape index (κ3) is 2.40. The number of hydrogen-bond donors (Lipinski definition) is 1. The van der Waals surface area contributed by atoms with Crippen LogP contribution in [0.15, 0.2) is 30.9 Å². The summed E-state index contributed by atoms with van der Waals surface area (Å²) >= 11 is 6.03. The first-order valence-corrected chi connectivity index (χ1v) is 5.37. The largest absolute Gasteiger partial charge is 0.324 e. The lowest BCUT2D eigenvalue weighted by Gasteiger charge is -2.11. The third-order valence-corrected chi connectivity index (χ3v) is 2.73. The highest BCUT2D eigenvalue weighted by atomic mass is 35.5. The first kappa shape index (κ1) is 11.1. The molecule has 0 saturated carbocycles. The van der Waals surface area contributed by atoms with Crippen molar-refractivity contribution in [3.05, 3.63) is 47.0 Å². The number of aryl methyl sites for hydroxylation is 1. The molecule has 0 aliphatic rings. The molecule has 2 rings (SSSR count). The number of nitrogens with two attached hydrogens (primary N) is 1. The van der Waals surface area contributed by atoms with E-state index in [1.807, 2.05) is 25.5 Å². The second-order valence-electron chi connectivity index (χ2n) is 3.73. The van der Waals surface area contributed by atoms with Crippen LogP contribution < -0.4 is 5.73 Å². The predicted molar refractivity (Wildman–Crippen MR) is 63.1 cm³/mol. The van der Waals surface area contributed by atoms with Gasteiger partial charge in [0.1, 0.15) is 0 Å². The monoisotopic (exact) mass is 236 g/mol. The van der Waals surface area contributed by atoms with E-state index in [1.165, 1.54) is 0 Å². The van der Waals surface area contributed by atoms with Crippen molar-refractivity contribution in [2.45, 2.75) is 12.5 Å². The molecule has 0 bridgehead atoms. The molecule has 0 saturated heterocycles. The van der Waals surface area contributed by atoms with Crippen LogP contribution in [0.25, 0.3) is 0 Å². The summed E-state index contributed by atoms with van der Waals surface area (Å²) in [6.07, 6.45) is 7.80. The zero-order valence-electron chi connectivity index (χ0n) is 8.97. The normalized spacial score (nSPS) is 12.7. The summed E-state index contributed by atoms with van der Waals surface area (Å²) in [5.41, 5.74) is 8.10. The minimum Gasteiger partial charge on any atom is -0.324 e. The zero-order chi connectivity index (χ0) is 11.5. The van der Waals surface area contributed by atoms with Crippen LogP contribution >= 0.6 is 11.6 Å². The molecule has 4 nitrogen and oxygen atoms in total. The van der Waals surface area contributed by atoms with Crippen molar-refractivity contribution in [1.29, 1.82) is 0 Å². The van der Waals surface area contributed by atoms with E-state index in [9.17, 15) is 0 Å². The summed E-state index contributed by atoms with van der Waals surface area (Å²) in [5, 5.41) is 4.71. The molecule has 2 N–H and O–H groups in total. The van der Waals surface area contributed by atoms with E-state index in [0.29, 0.717) is 5.02 Å². The maximum Gasteiger partial charge on any atom is 0.0637 e. The number of halogens is 1. The molecule has 0 spiro atoms. The summed E-state index contributed by atoms with van der Waals surface area (Å²) in [4.78, 5) is 3.93. The number of hydrogen-bond acceptors (Lipinski definition) is 3. The van der Waals surface area contributed by atoms with Gasteiger partial charge in [0, 0.05) is 31.7 Å². The van der Waals surface area contributed by atoms with Gasteiger partial charge in [-0.25, -0.2) is 0 Å². The van der Waals surface area contributed by atoms with Gasteiger partial charge in [-0.2, -0.15) is 5.10 Å². The van der Waals surface area contributed by atoms with Gasteiger partial charge in [-0.05, 0) is 23.6 Å². The average molecular weight is 237 g/mol. The lowest BCUT2D eigenvalue weighted by Crippen LogP contribution is -2.13. The van der Waals surface area contributed by atoms with Crippen molar-refractivity contribution in [1.82, 2.24) is 14.8 Å². The van der Waals surface area contributed by atoms with Crippen LogP contribution in [0.1, 0.15) is 17.2 Å². The van der Waals surface area contributed by atoms with Crippen molar-refractivity contribution < 1.29 is 0 Å². The average Bonchev–Trinajstić information content (AvgIpc) is 2.64. The Bertz CT molecular complexity index is 480. The number of aromatic nitrogens is 3. The molecule has 1 atom stereocenters. The summed E-state index contributed by atoms with van der Waals surface area (Å²) in [7, 11) is 1.88. The van der Waals surface area contributed by atoms with E-state index >= 15 is 0 Å². The zero-order valence-corrected chi connectivity index (χ0v) is 9.72. The molecule has 2 aromatic rings. The van der Waals surface area contributed by atoms with Gasteiger partial charge >= 0.3 is 0 Å². The van der Waals surface area contributed by atoms with Crippen LogP contribution in [0.2, 0.25) is 5.02 Å². The smallest absolute Gasteiger partial charge is 0.0637 e. The molecule has 5 heteroatoms. The predicted octanol–water partition coefficient (Wildman–Crippen LogP) is 1.71. The van der Waals surface area contributed by atoms with Gasteiger partial charge in [0.05, 0.1) is 11.2 Å². The van der Waals surface area contributed by atoms with E-state index < -0.39 is 0 Å². The molecular weight excluding hydrogens is 224 g/mol. The molecule has 16 heavy (non-hydrogen) atoms. The van der Waals surface area contributed by atoms with Crippen LogP contribution in [0.5, 0.6) is 0 Å². The summed E-state index contributed by atoms with van der Waals surface area (Å²) < 4.78 is 1.76. The van der Waals surface area contributed by atoms with E-state index in [0.717, 1.165) is 17.5 Å². The Balaban J connectivity index is 2.14. The van der Waals surface area contributed by atoms with Gasteiger partial charge in [0.15, 0.2) is 0 Å². The fourth-order valence-corrected chi connectivity index (χ4v) is 1.89. The van der Waals surface area contributed by atoms with Crippen LogP contribution in [0, 0.1) is 0 Å². The highest BCUT2D eigenvalue weighted by Crippen LogP contribution is 2.22. The van der Waals surface area contributed by atoms with Crippen molar-refractivity contribution in [2.24, 2.45) is 12.8 Å². The van der Waals surface area contributed by atoms with Gasteiger partial charge in [-0.3, -0.25) is 9.67 Å². The van der Waals surface area contributed by atoms with E-state index in [2.05, 4.69) is 10.1 Å². The minimum absolute atomic E-state index is 0.125. The standard InChI is InChI=1S/C11H13ClN4/c1-16-7-8(5-15-16)4-11(13)9-2-3-14-6-10(9)12/h2-3,5-7,11H,4,13H2,1H3. The van der Waals surface area contributed by atoms with E-state index in [4.69, 9.17) is 17.3 Å². The molecule has 0 fully saturated rings. The first-order valence-electron chi connectivity index (χ1n) is 4.99. The molecule has 2 heterocycles. The number of nitrogens with zero attached hydrogens (tertiary/aromatic N) is 3. The molecular formula is C11H13ClN4. The Hall–Kier alpha value is -1.39. The molecule has 2 aromatic heterocycles. The molecule has 0 amide bonds. The Kier molecular flexibility index (Phi) is 3.22. The summed E-state index contributed by atoms with van der Waals surface area (Å²) in [5.74, 6) is 0. The van der Waals surface area contributed by atoms with Crippen LogP contribution in [-0.2, 0) is 13.5 Å². The van der Waals surface area contributed by atoms with Crippen molar-refractivity contribution in [3.63, 3.8) is 0 Å². The number of rotatable bonds is 3.